The third kappa shape index (κ3) is 4.91. The summed E-state index contributed by atoms with van der Waals surface area (Å²) in [4.78, 5) is 11.4. The molecule has 0 fully saturated rings. The van der Waals surface area contributed by atoms with Gasteiger partial charge < -0.3 is 4.55 Å². The summed E-state index contributed by atoms with van der Waals surface area (Å²) >= 11 is 0. The minimum Gasteiger partial charge on any atom is -0.744 e. The van der Waals surface area contributed by atoms with Crippen molar-refractivity contribution in [2.75, 3.05) is 0 Å². The van der Waals surface area contributed by atoms with Gasteiger partial charge >= 0.3 is 29.6 Å². The van der Waals surface area contributed by atoms with Crippen molar-refractivity contribution < 1.29 is 47.3 Å². The average Bonchev–Trinajstić information content (AvgIpc) is 2.45. The second-order valence-electron chi connectivity index (χ2n) is 4.07. The molecule has 102 valence electrons. The third-order valence-electron chi connectivity index (χ3n) is 2.63. The van der Waals surface area contributed by atoms with Gasteiger partial charge in [-0.1, -0.05) is 60.7 Å². The van der Waals surface area contributed by atoms with Crippen molar-refractivity contribution >= 4 is 22.0 Å². The molecule has 6 heteroatoms. The Kier molecular flexibility index (Phi) is 6.51. The van der Waals surface area contributed by atoms with Crippen molar-refractivity contribution in [2.45, 2.75) is 0 Å². The van der Waals surface area contributed by atoms with Crippen LogP contribution >= 0.6 is 0 Å². The summed E-state index contributed by atoms with van der Waals surface area (Å²) in [7, 11) is -4.85. The van der Waals surface area contributed by atoms with Gasteiger partial charge in [0.2, 0.25) is 5.78 Å². The zero-order chi connectivity index (χ0) is 14.6. The number of benzene rings is 2. The van der Waals surface area contributed by atoms with E-state index in [1.165, 1.54) is 12.1 Å². The molecule has 0 amide bonds. The molecule has 0 saturated heterocycles. The van der Waals surface area contributed by atoms with Crippen molar-refractivity contribution in [3.8, 4) is 0 Å². The van der Waals surface area contributed by atoms with Crippen molar-refractivity contribution in [2.24, 2.45) is 0 Å². The molecule has 0 aliphatic heterocycles. The monoisotopic (exact) mass is 310 g/mol. The first-order valence-electron chi connectivity index (χ1n) is 5.81. The van der Waals surface area contributed by atoms with Gasteiger partial charge in [-0.25, -0.2) is 8.42 Å². The smallest absolute Gasteiger partial charge is 0.744 e. The van der Waals surface area contributed by atoms with Gasteiger partial charge in [0.15, 0.2) is 0 Å². The number of carbonyl (C=O) groups excluding carboxylic acids is 1. The Morgan fingerprint density at radius 1 is 0.905 bits per heavy atom. The summed E-state index contributed by atoms with van der Waals surface area (Å²) in [5, 5.41) is 0. The maximum absolute atomic E-state index is 12.1. The van der Waals surface area contributed by atoms with Crippen molar-refractivity contribution in [1.29, 1.82) is 0 Å². The van der Waals surface area contributed by atoms with Crippen LogP contribution in [-0.4, -0.2) is 18.8 Å². The van der Waals surface area contributed by atoms with Gasteiger partial charge in [0.1, 0.15) is 15.0 Å². The molecular weight excluding hydrogens is 299 g/mol. The minimum absolute atomic E-state index is 0. The quantitative estimate of drug-likeness (QED) is 0.329. The zero-order valence-corrected chi connectivity index (χ0v) is 14.2. The van der Waals surface area contributed by atoms with Crippen LogP contribution in [0.1, 0.15) is 15.9 Å². The van der Waals surface area contributed by atoms with E-state index in [0.29, 0.717) is 5.56 Å². The molecule has 4 nitrogen and oxygen atoms in total. The molecule has 0 saturated carbocycles. The fourth-order valence-electron chi connectivity index (χ4n) is 1.68. The van der Waals surface area contributed by atoms with E-state index in [-0.39, 0.29) is 35.1 Å². The Hall–Kier alpha value is -1.24. The van der Waals surface area contributed by atoms with Crippen molar-refractivity contribution in [1.82, 2.24) is 0 Å². The fraction of sp³-hybridized carbons (Fsp3) is 0. The minimum atomic E-state index is -4.85. The second kappa shape index (κ2) is 7.68. The first-order chi connectivity index (χ1) is 9.48. The van der Waals surface area contributed by atoms with Gasteiger partial charge in [0.05, 0.1) is 0 Å². The summed E-state index contributed by atoms with van der Waals surface area (Å²) in [6, 6.07) is 16.2. The molecule has 0 bridgehead atoms. The van der Waals surface area contributed by atoms with E-state index in [0.717, 1.165) is 6.08 Å². The molecule has 0 spiro atoms. The molecule has 21 heavy (non-hydrogen) atoms. The summed E-state index contributed by atoms with van der Waals surface area (Å²) in [6.45, 7) is 0. The number of hydrogen-bond acceptors (Lipinski definition) is 4. The van der Waals surface area contributed by atoms with E-state index in [2.05, 4.69) is 0 Å². The molecular formula is C15H11NaO4S. The van der Waals surface area contributed by atoms with Crippen LogP contribution in [0.15, 0.2) is 65.6 Å². The van der Waals surface area contributed by atoms with Gasteiger partial charge in [-0.15, -0.1) is 0 Å². The topological polar surface area (TPSA) is 74.3 Å². The Morgan fingerprint density at radius 3 is 1.86 bits per heavy atom. The summed E-state index contributed by atoms with van der Waals surface area (Å²) in [6.07, 6.45) is 1.09. The Labute approximate surface area is 145 Å². The van der Waals surface area contributed by atoms with Crippen LogP contribution < -0.4 is 29.6 Å². The number of carbonyl (C=O) groups is 1. The molecule has 0 aliphatic rings. The molecule has 0 aliphatic carbocycles. The van der Waals surface area contributed by atoms with E-state index in [1.807, 2.05) is 0 Å². The summed E-state index contributed by atoms with van der Waals surface area (Å²) in [5.74, 6) is -0.801. The molecule has 0 atom stereocenters. The number of ketones is 1. The van der Waals surface area contributed by atoms with Gasteiger partial charge in [0, 0.05) is 5.56 Å². The van der Waals surface area contributed by atoms with Gasteiger partial charge in [-0.3, -0.25) is 4.79 Å². The molecule has 2 aromatic rings. The predicted octanol–water partition coefficient (Wildman–Crippen LogP) is -0.540. The molecule has 0 heterocycles. The number of allylic oxidation sites excluding steroid dienone is 1. The number of Topliss-reactive ketones (excluding diaryl/α,β-unsaturated/α-hetero) is 1. The van der Waals surface area contributed by atoms with E-state index >= 15 is 0 Å². The van der Waals surface area contributed by atoms with Gasteiger partial charge in [-0.05, 0) is 11.6 Å². The van der Waals surface area contributed by atoms with Crippen LogP contribution in [0.4, 0.5) is 0 Å². The first-order valence-corrected chi connectivity index (χ1v) is 7.22. The van der Waals surface area contributed by atoms with Crippen LogP contribution in [0.2, 0.25) is 0 Å². The van der Waals surface area contributed by atoms with E-state index in [9.17, 15) is 17.8 Å². The Balaban J connectivity index is 0.00000220. The zero-order valence-electron chi connectivity index (χ0n) is 11.4. The van der Waals surface area contributed by atoms with Crippen LogP contribution in [0.3, 0.4) is 0 Å². The first kappa shape index (κ1) is 17.8. The fourth-order valence-corrected chi connectivity index (χ4v) is 2.31. The molecule has 0 N–H and O–H groups in total. The summed E-state index contributed by atoms with van der Waals surface area (Å²) in [5.41, 5.74) is 0.639. The van der Waals surface area contributed by atoms with Crippen LogP contribution in [0.25, 0.3) is 6.08 Å². The third-order valence-corrected chi connectivity index (χ3v) is 3.47. The number of rotatable bonds is 4. The van der Waals surface area contributed by atoms with Crippen LogP contribution in [-0.2, 0) is 10.1 Å². The average molecular weight is 310 g/mol. The van der Waals surface area contributed by atoms with Gasteiger partial charge in [0.25, 0.3) is 0 Å². The van der Waals surface area contributed by atoms with E-state index in [1.54, 1.807) is 48.5 Å². The second-order valence-corrected chi connectivity index (χ2v) is 5.42. The molecule has 2 rings (SSSR count). The van der Waals surface area contributed by atoms with Crippen LogP contribution in [0, 0.1) is 0 Å². The van der Waals surface area contributed by atoms with Crippen molar-refractivity contribution in [3.63, 3.8) is 0 Å². The normalized spacial score (nSPS) is 11.6. The molecule has 2 aromatic carbocycles. The van der Waals surface area contributed by atoms with Crippen molar-refractivity contribution in [3.05, 3.63) is 76.7 Å². The molecule has 0 radical (unpaired) electrons. The number of hydrogen-bond donors (Lipinski definition) is 0. The Bertz CT molecular complexity index is 738. The standard InChI is InChI=1S/C15H12O4S.Na/c16-15(13-9-5-2-6-10-13)14(20(17,18)19)11-12-7-3-1-4-8-12;/h1-11H,(H,17,18,19);/q;+1/p-1. The maximum Gasteiger partial charge on any atom is 1.00 e. The largest absolute Gasteiger partial charge is 1.00 e. The predicted molar refractivity (Wildman–Crippen MR) is 74.9 cm³/mol. The molecule has 0 aromatic heterocycles. The Morgan fingerprint density at radius 2 is 1.38 bits per heavy atom. The van der Waals surface area contributed by atoms with Crippen LogP contribution in [0.5, 0.6) is 0 Å². The SMILES string of the molecule is O=C(C(=Cc1ccccc1)S(=O)(=O)[O-])c1ccccc1.[Na+]. The van der Waals surface area contributed by atoms with E-state index < -0.39 is 20.8 Å². The van der Waals surface area contributed by atoms with Gasteiger partial charge in [-0.2, -0.15) is 0 Å². The maximum atomic E-state index is 12.1. The summed E-state index contributed by atoms with van der Waals surface area (Å²) < 4.78 is 33.9. The molecule has 0 unspecified atom stereocenters. The van der Waals surface area contributed by atoms with E-state index in [4.69, 9.17) is 0 Å².